The van der Waals surface area contributed by atoms with Gasteiger partial charge in [-0.15, -0.1) is 0 Å². The molecule has 0 N–H and O–H groups in total. The Kier molecular flexibility index (Phi) is 3.41. The summed E-state index contributed by atoms with van der Waals surface area (Å²) in [6.45, 7) is 5.29. The molecule has 0 unspecified atom stereocenters. The van der Waals surface area contributed by atoms with Crippen LogP contribution in [-0.4, -0.2) is 10.8 Å². The van der Waals surface area contributed by atoms with E-state index in [-0.39, 0.29) is 11.3 Å². The summed E-state index contributed by atoms with van der Waals surface area (Å²) in [5, 5.41) is 0. The molecule has 1 heterocycles. The second-order valence-corrected chi connectivity index (χ2v) is 6.47. The minimum absolute atomic E-state index is 0.181. The third-order valence-corrected chi connectivity index (χ3v) is 5.17. The topological polar surface area (TPSA) is 20.3 Å². The quantitative estimate of drug-likeness (QED) is 0.790. The van der Waals surface area contributed by atoms with Crippen LogP contribution < -0.4 is 0 Å². The summed E-state index contributed by atoms with van der Waals surface area (Å²) in [5.41, 5.74) is 2.67. The Bertz CT molecular complexity index is 534. The summed E-state index contributed by atoms with van der Waals surface area (Å²) in [5.74, 6) is 0.737. The van der Waals surface area contributed by atoms with E-state index in [1.807, 2.05) is 23.1 Å². The zero-order valence-corrected chi connectivity index (χ0v) is 12.4. The highest BCUT2D eigenvalue weighted by Gasteiger charge is 2.45. The zero-order chi connectivity index (χ0) is 14.2. The summed E-state index contributed by atoms with van der Waals surface area (Å²) < 4.78 is 0. The first-order valence-electron chi connectivity index (χ1n) is 7.66. The SMILES string of the molecule is C[C@H]1CC(=O)N(Cc2ccccc2)C2=CCCC[C@@]21C. The predicted molar refractivity (Wildman–Crippen MR) is 80.8 cm³/mol. The Balaban J connectivity index is 1.93. The lowest BCUT2D eigenvalue weighted by Gasteiger charge is -2.49. The molecule has 1 aromatic rings. The monoisotopic (exact) mass is 269 g/mol. The molecule has 2 atom stereocenters. The van der Waals surface area contributed by atoms with Gasteiger partial charge in [0, 0.05) is 17.5 Å². The Morgan fingerprint density at radius 3 is 2.80 bits per heavy atom. The van der Waals surface area contributed by atoms with Gasteiger partial charge in [-0.05, 0) is 30.7 Å². The molecule has 0 saturated carbocycles. The van der Waals surface area contributed by atoms with Crippen molar-refractivity contribution >= 4 is 5.91 Å². The van der Waals surface area contributed by atoms with Crippen molar-refractivity contribution in [2.75, 3.05) is 0 Å². The molecule has 3 rings (SSSR count). The maximum Gasteiger partial charge on any atom is 0.227 e. The first-order chi connectivity index (χ1) is 9.61. The Morgan fingerprint density at radius 1 is 1.30 bits per heavy atom. The number of allylic oxidation sites excluding steroid dienone is 2. The number of hydrogen-bond donors (Lipinski definition) is 0. The molecule has 106 valence electrons. The molecule has 1 aromatic carbocycles. The molecule has 0 bridgehead atoms. The fraction of sp³-hybridized carbons (Fsp3) is 0.500. The largest absolute Gasteiger partial charge is 0.312 e. The number of amides is 1. The fourth-order valence-corrected chi connectivity index (χ4v) is 3.66. The van der Waals surface area contributed by atoms with Gasteiger partial charge in [-0.25, -0.2) is 0 Å². The average molecular weight is 269 g/mol. The maximum atomic E-state index is 12.5. The number of likely N-dealkylation sites (tertiary alicyclic amines) is 1. The molecule has 0 spiro atoms. The Morgan fingerprint density at radius 2 is 2.05 bits per heavy atom. The standard InChI is InChI=1S/C18H23NO/c1-14-12-17(20)19(13-15-8-4-3-5-9-15)16-10-6-7-11-18(14,16)2/h3-5,8-10,14H,6-7,11-13H2,1-2H3/t14-,18+/m0/s1. The van der Waals surface area contributed by atoms with Gasteiger partial charge >= 0.3 is 0 Å². The van der Waals surface area contributed by atoms with Gasteiger partial charge in [0.15, 0.2) is 0 Å². The highest BCUT2D eigenvalue weighted by Crippen LogP contribution is 2.49. The van der Waals surface area contributed by atoms with E-state index in [9.17, 15) is 4.79 Å². The molecule has 2 aliphatic rings. The highest BCUT2D eigenvalue weighted by molar-refractivity contribution is 5.80. The molecule has 1 aliphatic heterocycles. The lowest BCUT2D eigenvalue weighted by atomic mass is 9.65. The molecule has 20 heavy (non-hydrogen) atoms. The lowest BCUT2D eigenvalue weighted by molar-refractivity contribution is -0.136. The van der Waals surface area contributed by atoms with Gasteiger partial charge < -0.3 is 4.90 Å². The van der Waals surface area contributed by atoms with Gasteiger partial charge in [-0.1, -0.05) is 50.3 Å². The Labute approximate surface area is 121 Å². The normalized spacial score (nSPS) is 29.9. The van der Waals surface area contributed by atoms with Crippen LogP contribution in [0.1, 0.15) is 45.1 Å². The zero-order valence-electron chi connectivity index (χ0n) is 12.4. The van der Waals surface area contributed by atoms with Crippen LogP contribution in [0.4, 0.5) is 0 Å². The molecule has 2 nitrogen and oxygen atoms in total. The molecular weight excluding hydrogens is 246 g/mol. The van der Waals surface area contributed by atoms with Crippen molar-refractivity contribution in [2.45, 2.75) is 46.1 Å². The average Bonchev–Trinajstić information content (AvgIpc) is 2.45. The minimum Gasteiger partial charge on any atom is -0.312 e. The van der Waals surface area contributed by atoms with E-state index in [1.54, 1.807) is 0 Å². The van der Waals surface area contributed by atoms with E-state index in [0.717, 1.165) is 6.42 Å². The van der Waals surface area contributed by atoms with Crippen LogP contribution in [0.2, 0.25) is 0 Å². The van der Waals surface area contributed by atoms with Crippen molar-refractivity contribution in [3.05, 3.63) is 47.7 Å². The molecule has 1 saturated heterocycles. The molecule has 0 aromatic heterocycles. The molecule has 0 radical (unpaired) electrons. The number of nitrogens with zero attached hydrogens (tertiary/aromatic N) is 1. The number of fused-ring (bicyclic) bond motifs is 1. The second kappa shape index (κ2) is 5.08. The van der Waals surface area contributed by atoms with Crippen molar-refractivity contribution in [3.63, 3.8) is 0 Å². The summed E-state index contributed by atoms with van der Waals surface area (Å²) in [6, 6.07) is 10.3. The van der Waals surface area contributed by atoms with Gasteiger partial charge in [0.05, 0.1) is 6.54 Å². The van der Waals surface area contributed by atoms with Crippen molar-refractivity contribution < 1.29 is 4.79 Å². The summed E-state index contributed by atoms with van der Waals surface area (Å²) in [4.78, 5) is 14.5. The number of benzene rings is 1. The van der Waals surface area contributed by atoms with Gasteiger partial charge in [0.1, 0.15) is 0 Å². The molecule has 1 amide bonds. The van der Waals surface area contributed by atoms with Crippen LogP contribution in [0.5, 0.6) is 0 Å². The minimum atomic E-state index is 0.181. The number of rotatable bonds is 2. The van der Waals surface area contributed by atoms with Gasteiger partial charge in [-0.2, -0.15) is 0 Å². The third kappa shape index (κ3) is 2.17. The van der Waals surface area contributed by atoms with Crippen LogP contribution in [0, 0.1) is 11.3 Å². The van der Waals surface area contributed by atoms with Crippen LogP contribution in [-0.2, 0) is 11.3 Å². The van der Waals surface area contributed by atoms with E-state index < -0.39 is 0 Å². The third-order valence-electron chi connectivity index (χ3n) is 5.17. The van der Waals surface area contributed by atoms with Crippen molar-refractivity contribution in [1.82, 2.24) is 4.90 Å². The highest BCUT2D eigenvalue weighted by atomic mass is 16.2. The summed E-state index contributed by atoms with van der Waals surface area (Å²) in [7, 11) is 0. The van der Waals surface area contributed by atoms with Crippen LogP contribution in [0.3, 0.4) is 0 Å². The van der Waals surface area contributed by atoms with Crippen LogP contribution >= 0.6 is 0 Å². The number of piperidine rings is 1. The number of carbonyl (C=O) groups is 1. The van der Waals surface area contributed by atoms with Crippen LogP contribution in [0.25, 0.3) is 0 Å². The first kappa shape index (κ1) is 13.4. The van der Waals surface area contributed by atoms with Crippen LogP contribution in [0.15, 0.2) is 42.1 Å². The molecule has 2 heteroatoms. The smallest absolute Gasteiger partial charge is 0.227 e. The van der Waals surface area contributed by atoms with E-state index in [0.29, 0.717) is 18.9 Å². The molecule has 1 aliphatic carbocycles. The van der Waals surface area contributed by atoms with Crippen molar-refractivity contribution in [1.29, 1.82) is 0 Å². The van der Waals surface area contributed by atoms with E-state index in [4.69, 9.17) is 0 Å². The van der Waals surface area contributed by atoms with E-state index in [2.05, 4.69) is 32.1 Å². The van der Waals surface area contributed by atoms with Gasteiger partial charge in [0.25, 0.3) is 0 Å². The lowest BCUT2D eigenvalue weighted by Crippen LogP contribution is -2.48. The maximum absolute atomic E-state index is 12.5. The molecule has 1 fully saturated rings. The fourth-order valence-electron chi connectivity index (χ4n) is 3.66. The van der Waals surface area contributed by atoms with Crippen molar-refractivity contribution in [3.8, 4) is 0 Å². The Hall–Kier alpha value is -1.57. The predicted octanol–water partition coefficient (Wildman–Crippen LogP) is 4.13. The van der Waals surface area contributed by atoms with E-state index in [1.165, 1.54) is 24.1 Å². The van der Waals surface area contributed by atoms with Gasteiger partial charge in [-0.3, -0.25) is 4.79 Å². The first-order valence-corrected chi connectivity index (χ1v) is 7.66. The van der Waals surface area contributed by atoms with Crippen molar-refractivity contribution in [2.24, 2.45) is 11.3 Å². The summed E-state index contributed by atoms with van der Waals surface area (Å²) >= 11 is 0. The summed E-state index contributed by atoms with van der Waals surface area (Å²) in [6.07, 6.45) is 6.55. The van der Waals surface area contributed by atoms with E-state index >= 15 is 0 Å². The van der Waals surface area contributed by atoms with Gasteiger partial charge in [0.2, 0.25) is 5.91 Å². The number of hydrogen-bond acceptors (Lipinski definition) is 1. The second-order valence-electron chi connectivity index (χ2n) is 6.47. The number of carbonyl (C=O) groups excluding carboxylic acids is 1. The molecular formula is C18H23NO.